The molecule has 2 atom stereocenters. The average Bonchev–Trinajstić information content (AvgIpc) is 3.03. The van der Waals surface area contributed by atoms with Crippen LogP contribution in [0, 0.1) is 0 Å². The number of nitrogens with one attached hydrogen (secondary N) is 1. The van der Waals surface area contributed by atoms with Crippen LogP contribution in [0.3, 0.4) is 0 Å². The number of rotatable bonds is 3. The smallest absolute Gasteiger partial charge is 0.337 e. The highest BCUT2D eigenvalue weighted by Gasteiger charge is 2.40. The molecule has 5 rings (SSSR count). The number of ether oxygens (including phenoxy) is 1. The molecule has 6 heteroatoms. The summed E-state index contributed by atoms with van der Waals surface area (Å²) in [6, 6.07) is 24.0. The lowest BCUT2D eigenvalue weighted by Gasteiger charge is -2.34. The monoisotopic (exact) mass is 466 g/mol. The molecular formula is C29H26N2O4. The zero-order chi connectivity index (χ0) is 24.5. The number of para-hydroxylation sites is 2. The number of amides is 1. The van der Waals surface area contributed by atoms with E-state index in [0.717, 1.165) is 22.5 Å². The number of esters is 1. The molecule has 3 aromatic carbocycles. The molecule has 0 spiro atoms. The highest BCUT2D eigenvalue weighted by Crippen LogP contribution is 2.47. The fourth-order valence-electron chi connectivity index (χ4n) is 5.13. The standard InChI is InChI=1S/C29H26N2O4/c1-18(32)31-25-11-7-6-10-23(25)30-24-16-22(19-8-4-3-5-9-19)17-26(33)27(24)28(31)20-12-14-21(15-13-20)29(34)35-2/h3-15,22,28,30H,16-17H2,1-2H3/t22-,28+/m1/s1. The minimum atomic E-state index is -0.616. The summed E-state index contributed by atoms with van der Waals surface area (Å²) in [5, 5.41) is 3.51. The quantitative estimate of drug-likeness (QED) is 0.524. The first-order valence-electron chi connectivity index (χ1n) is 11.6. The molecule has 1 heterocycles. The molecular weight excluding hydrogens is 440 g/mol. The Bertz CT molecular complexity index is 1330. The summed E-state index contributed by atoms with van der Waals surface area (Å²) in [6.45, 7) is 1.51. The Morgan fingerprint density at radius 3 is 2.26 bits per heavy atom. The molecule has 3 aromatic rings. The number of nitrogens with zero attached hydrogens (tertiary/aromatic N) is 1. The third-order valence-corrected chi connectivity index (χ3v) is 6.75. The van der Waals surface area contributed by atoms with Crippen molar-refractivity contribution in [2.45, 2.75) is 31.7 Å². The molecule has 35 heavy (non-hydrogen) atoms. The Labute approximate surface area is 204 Å². The van der Waals surface area contributed by atoms with Gasteiger partial charge in [0.2, 0.25) is 5.91 Å². The molecule has 0 bridgehead atoms. The number of fused-ring (bicyclic) bond motifs is 1. The van der Waals surface area contributed by atoms with Crippen molar-refractivity contribution in [3.05, 3.63) is 107 Å². The van der Waals surface area contributed by atoms with Crippen molar-refractivity contribution in [2.75, 3.05) is 17.3 Å². The fourth-order valence-corrected chi connectivity index (χ4v) is 5.13. The van der Waals surface area contributed by atoms with Crippen LogP contribution >= 0.6 is 0 Å². The van der Waals surface area contributed by atoms with Crippen molar-refractivity contribution < 1.29 is 19.1 Å². The lowest BCUT2D eigenvalue weighted by atomic mass is 9.78. The minimum absolute atomic E-state index is 0.00806. The number of carbonyl (C=O) groups is 3. The van der Waals surface area contributed by atoms with Crippen molar-refractivity contribution in [3.63, 3.8) is 0 Å². The molecule has 2 aliphatic rings. The predicted molar refractivity (Wildman–Crippen MR) is 134 cm³/mol. The molecule has 0 aromatic heterocycles. The van der Waals surface area contributed by atoms with Gasteiger partial charge in [-0.25, -0.2) is 4.79 Å². The van der Waals surface area contributed by atoms with E-state index in [9.17, 15) is 14.4 Å². The normalized spacial score (nSPS) is 19.3. The topological polar surface area (TPSA) is 75.7 Å². The lowest BCUT2D eigenvalue weighted by molar-refractivity contribution is -0.117. The second-order valence-electron chi connectivity index (χ2n) is 8.88. The van der Waals surface area contributed by atoms with Gasteiger partial charge >= 0.3 is 5.97 Å². The average molecular weight is 467 g/mol. The van der Waals surface area contributed by atoms with Crippen LogP contribution in [0.2, 0.25) is 0 Å². The molecule has 1 aliphatic heterocycles. The summed E-state index contributed by atoms with van der Waals surface area (Å²) in [6.07, 6.45) is 1.02. The van der Waals surface area contributed by atoms with Crippen molar-refractivity contribution in [1.29, 1.82) is 0 Å². The summed E-state index contributed by atoms with van der Waals surface area (Å²) in [5.41, 5.74) is 5.19. The number of methoxy groups -OCH3 is 1. The highest BCUT2D eigenvalue weighted by molar-refractivity contribution is 6.06. The molecule has 0 radical (unpaired) electrons. The molecule has 0 fully saturated rings. The van der Waals surface area contributed by atoms with Crippen molar-refractivity contribution >= 4 is 29.0 Å². The summed E-state index contributed by atoms with van der Waals surface area (Å²) < 4.78 is 4.83. The van der Waals surface area contributed by atoms with E-state index < -0.39 is 12.0 Å². The third-order valence-electron chi connectivity index (χ3n) is 6.75. The van der Waals surface area contributed by atoms with Crippen molar-refractivity contribution in [1.82, 2.24) is 0 Å². The van der Waals surface area contributed by atoms with Crippen LogP contribution in [0.5, 0.6) is 0 Å². The molecule has 0 saturated heterocycles. The number of carbonyl (C=O) groups excluding carboxylic acids is 3. The van der Waals surface area contributed by atoms with Gasteiger partial charge < -0.3 is 10.1 Å². The Kier molecular flexibility index (Phi) is 5.95. The number of hydrogen-bond acceptors (Lipinski definition) is 5. The second-order valence-corrected chi connectivity index (χ2v) is 8.88. The van der Waals surface area contributed by atoms with E-state index >= 15 is 0 Å². The maximum absolute atomic E-state index is 13.8. The van der Waals surface area contributed by atoms with Crippen molar-refractivity contribution in [3.8, 4) is 0 Å². The van der Waals surface area contributed by atoms with Crippen LogP contribution in [-0.4, -0.2) is 24.8 Å². The summed E-state index contributed by atoms with van der Waals surface area (Å²) in [5.74, 6) is -0.553. The maximum atomic E-state index is 13.8. The third kappa shape index (κ3) is 4.12. The number of benzene rings is 3. The molecule has 0 saturated carbocycles. The van der Waals surface area contributed by atoms with Crippen LogP contribution < -0.4 is 10.2 Å². The van der Waals surface area contributed by atoms with E-state index in [0.29, 0.717) is 29.7 Å². The molecule has 1 amide bonds. The lowest BCUT2D eigenvalue weighted by Crippen LogP contribution is -2.37. The zero-order valence-electron chi connectivity index (χ0n) is 19.7. The predicted octanol–water partition coefficient (Wildman–Crippen LogP) is 5.39. The van der Waals surface area contributed by atoms with E-state index in [1.807, 2.05) is 42.5 Å². The van der Waals surface area contributed by atoms with Gasteiger partial charge in [0.15, 0.2) is 5.78 Å². The van der Waals surface area contributed by atoms with E-state index in [2.05, 4.69) is 17.4 Å². The van der Waals surface area contributed by atoms with Gasteiger partial charge in [-0.2, -0.15) is 0 Å². The largest absolute Gasteiger partial charge is 0.465 e. The molecule has 1 N–H and O–H groups in total. The first kappa shape index (κ1) is 22.6. The summed E-state index contributed by atoms with van der Waals surface area (Å²) in [7, 11) is 1.34. The highest BCUT2D eigenvalue weighted by atomic mass is 16.5. The molecule has 0 unspecified atom stereocenters. The number of ketones is 1. The zero-order valence-corrected chi connectivity index (χ0v) is 19.7. The van der Waals surface area contributed by atoms with Crippen LogP contribution in [-0.2, 0) is 14.3 Å². The Morgan fingerprint density at radius 1 is 0.886 bits per heavy atom. The summed E-state index contributed by atoms with van der Waals surface area (Å²) >= 11 is 0. The maximum Gasteiger partial charge on any atom is 0.337 e. The molecule has 176 valence electrons. The Hall–Kier alpha value is -4.19. The first-order chi connectivity index (χ1) is 17.0. The Balaban J connectivity index is 1.68. The molecule has 1 aliphatic carbocycles. The number of anilines is 2. The van der Waals surface area contributed by atoms with Crippen LogP contribution in [0.1, 0.15) is 53.2 Å². The van der Waals surface area contributed by atoms with Crippen LogP contribution in [0.15, 0.2) is 90.1 Å². The SMILES string of the molecule is COC(=O)c1ccc([C@H]2C3=C(C[C@@H](c4ccccc4)CC3=O)Nc3ccccc3N2C(C)=O)cc1. The van der Waals surface area contributed by atoms with Gasteiger partial charge in [0.05, 0.1) is 30.1 Å². The molecule has 6 nitrogen and oxygen atoms in total. The van der Waals surface area contributed by atoms with Gasteiger partial charge in [-0.3, -0.25) is 14.5 Å². The van der Waals surface area contributed by atoms with Crippen LogP contribution in [0.4, 0.5) is 11.4 Å². The number of hydrogen-bond donors (Lipinski definition) is 1. The van der Waals surface area contributed by atoms with E-state index in [4.69, 9.17) is 4.74 Å². The van der Waals surface area contributed by atoms with Gasteiger partial charge in [-0.15, -0.1) is 0 Å². The van der Waals surface area contributed by atoms with Crippen molar-refractivity contribution in [2.24, 2.45) is 0 Å². The van der Waals surface area contributed by atoms with Gasteiger partial charge in [0.25, 0.3) is 0 Å². The minimum Gasteiger partial charge on any atom is -0.465 e. The van der Waals surface area contributed by atoms with E-state index in [1.54, 1.807) is 29.2 Å². The van der Waals surface area contributed by atoms with Gasteiger partial charge in [-0.1, -0.05) is 54.6 Å². The van der Waals surface area contributed by atoms with Gasteiger partial charge in [0, 0.05) is 24.6 Å². The number of allylic oxidation sites excluding steroid dienone is 1. The number of Topliss-reactive ketones (excluding diaryl/α,β-unsaturated/α-hetero) is 1. The first-order valence-corrected chi connectivity index (χ1v) is 11.6. The summed E-state index contributed by atoms with van der Waals surface area (Å²) in [4.78, 5) is 40.5. The Morgan fingerprint density at radius 2 is 1.57 bits per heavy atom. The van der Waals surface area contributed by atoms with Gasteiger partial charge in [0.1, 0.15) is 0 Å². The van der Waals surface area contributed by atoms with E-state index in [-0.39, 0.29) is 17.6 Å². The van der Waals surface area contributed by atoms with E-state index in [1.165, 1.54) is 14.0 Å². The fraction of sp³-hybridized carbons (Fsp3) is 0.207. The van der Waals surface area contributed by atoms with Gasteiger partial charge in [-0.05, 0) is 47.7 Å². The second kappa shape index (κ2) is 9.22. The van der Waals surface area contributed by atoms with Crippen LogP contribution in [0.25, 0.3) is 0 Å².